The van der Waals surface area contributed by atoms with Gasteiger partial charge in [-0.25, -0.2) is 0 Å². The minimum atomic E-state index is -0.141. The molecule has 1 fully saturated rings. The van der Waals surface area contributed by atoms with Crippen LogP contribution < -0.4 is 11.1 Å². The lowest BCUT2D eigenvalue weighted by atomic mass is 9.83. The summed E-state index contributed by atoms with van der Waals surface area (Å²) < 4.78 is 6.41. The molecule has 2 aliphatic rings. The molecule has 2 aliphatic heterocycles. The van der Waals surface area contributed by atoms with E-state index < -0.39 is 0 Å². The Balaban J connectivity index is 0.00000216. The number of nitrogens with two attached hydrogens (primary N) is 1. The number of likely N-dealkylation sites (tertiary alicyclic amines) is 1. The summed E-state index contributed by atoms with van der Waals surface area (Å²) >= 11 is 0. The van der Waals surface area contributed by atoms with E-state index >= 15 is 0 Å². The van der Waals surface area contributed by atoms with Crippen molar-refractivity contribution >= 4 is 30.7 Å². The Morgan fingerprint density at radius 1 is 1.17 bits per heavy atom. The third kappa shape index (κ3) is 7.11. The van der Waals surface area contributed by atoms with Gasteiger partial charge in [-0.3, -0.25) is 4.79 Å². The first-order valence-corrected chi connectivity index (χ1v) is 12.2. The van der Waals surface area contributed by atoms with Gasteiger partial charge < -0.3 is 25.8 Å². The molecule has 4 rings (SSSR count). The maximum absolute atomic E-state index is 12.3. The number of ether oxygens (including phenoxy) is 1. The second-order valence-electron chi connectivity index (χ2n) is 9.61. The fourth-order valence-corrected chi connectivity index (χ4v) is 5.17. The molecule has 0 aromatic heterocycles. The maximum atomic E-state index is 12.3. The van der Waals surface area contributed by atoms with Crippen LogP contribution in [0.5, 0.6) is 5.75 Å². The lowest BCUT2D eigenvalue weighted by Gasteiger charge is -2.40. The van der Waals surface area contributed by atoms with E-state index in [0.29, 0.717) is 23.8 Å². The number of phenolic OH excluding ortho intramolecular Hbond substituents is 1. The smallest absolute Gasteiger partial charge is 0.251 e. The number of amides is 1. The normalized spacial score (nSPS) is 21.2. The first-order valence-electron chi connectivity index (χ1n) is 12.2. The molecule has 2 aromatic rings. The zero-order chi connectivity index (χ0) is 23.4. The van der Waals surface area contributed by atoms with Crippen molar-refractivity contribution < 1.29 is 14.6 Å². The van der Waals surface area contributed by atoms with Gasteiger partial charge >= 0.3 is 0 Å². The average Bonchev–Trinajstić information content (AvgIpc) is 2.85. The number of carbonyl (C=O) groups is 1. The molecule has 35 heavy (non-hydrogen) atoms. The van der Waals surface area contributed by atoms with Gasteiger partial charge in [-0.1, -0.05) is 30.3 Å². The van der Waals surface area contributed by atoms with Gasteiger partial charge in [-0.15, -0.1) is 24.8 Å². The van der Waals surface area contributed by atoms with E-state index in [1.165, 1.54) is 0 Å². The molecule has 4 N–H and O–H groups in total. The van der Waals surface area contributed by atoms with Crippen molar-refractivity contribution in [2.75, 3.05) is 26.2 Å². The molecule has 2 aromatic carbocycles. The molecule has 0 bridgehead atoms. The minimum Gasteiger partial charge on any atom is -0.507 e. The second kappa shape index (κ2) is 13.5. The number of nitrogens with zero attached hydrogens (tertiary/aromatic N) is 1. The molecule has 0 saturated carbocycles. The van der Waals surface area contributed by atoms with Crippen molar-refractivity contribution in [2.24, 2.45) is 11.7 Å². The van der Waals surface area contributed by atoms with E-state index in [-0.39, 0.29) is 49.0 Å². The summed E-state index contributed by atoms with van der Waals surface area (Å²) in [6.07, 6.45) is 3.80. The van der Waals surface area contributed by atoms with Crippen LogP contribution in [0.1, 0.15) is 59.3 Å². The number of carbonyl (C=O) groups excluding carboxylic acids is 1. The van der Waals surface area contributed by atoms with E-state index in [1.54, 1.807) is 0 Å². The molecule has 1 amide bonds. The summed E-state index contributed by atoms with van der Waals surface area (Å²) in [6, 6.07) is 13.5. The molecule has 0 aliphatic carbocycles. The van der Waals surface area contributed by atoms with Crippen molar-refractivity contribution in [3.63, 3.8) is 0 Å². The Morgan fingerprint density at radius 2 is 1.86 bits per heavy atom. The van der Waals surface area contributed by atoms with Gasteiger partial charge in [-0.05, 0) is 75.4 Å². The lowest BCUT2D eigenvalue weighted by molar-refractivity contribution is -0.0647. The van der Waals surface area contributed by atoms with Crippen LogP contribution in [-0.4, -0.2) is 54.2 Å². The molecule has 6 nitrogen and oxygen atoms in total. The number of halogens is 2. The van der Waals surface area contributed by atoms with Crippen LogP contribution in [0, 0.1) is 12.8 Å². The average molecular weight is 525 g/mol. The third-order valence-electron chi connectivity index (χ3n) is 7.28. The van der Waals surface area contributed by atoms with E-state index in [1.807, 2.05) is 43.3 Å². The van der Waals surface area contributed by atoms with Gasteiger partial charge in [0.1, 0.15) is 5.75 Å². The van der Waals surface area contributed by atoms with Gasteiger partial charge in [0.2, 0.25) is 0 Å². The molecule has 8 heteroatoms. The highest BCUT2D eigenvalue weighted by Gasteiger charge is 2.35. The predicted molar refractivity (Wildman–Crippen MR) is 145 cm³/mol. The van der Waals surface area contributed by atoms with Crippen molar-refractivity contribution in [2.45, 2.75) is 57.8 Å². The summed E-state index contributed by atoms with van der Waals surface area (Å²) in [5.74, 6) is 0.867. The topological polar surface area (TPSA) is 87.8 Å². The summed E-state index contributed by atoms with van der Waals surface area (Å²) in [4.78, 5) is 14.8. The number of hydrogen-bond donors (Lipinski definition) is 3. The van der Waals surface area contributed by atoms with Crippen molar-refractivity contribution in [1.29, 1.82) is 0 Å². The van der Waals surface area contributed by atoms with E-state index in [4.69, 9.17) is 10.5 Å². The standard InChI is InChI=1S/C27H37N3O3.2ClH/c1-18-8-9-22-23(26(18)31)16-24(33-25(22)17-28)20-11-14-30(15-12-20)13-10-19(2)29-27(32)21-6-4-3-5-7-21;;/h3-9,19-20,24-25,31H,10-17,28H2,1-2H3,(H,29,32);2*1H/t19?,24-,25-;;/m0../s1. The number of fused-ring (bicyclic) bond motifs is 1. The van der Waals surface area contributed by atoms with Gasteiger partial charge in [0.25, 0.3) is 5.91 Å². The minimum absolute atomic E-state index is 0. The number of aryl methyl sites for hydroxylation is 1. The number of hydrogen-bond acceptors (Lipinski definition) is 5. The summed E-state index contributed by atoms with van der Waals surface area (Å²) in [5, 5.41) is 13.7. The number of aromatic hydroxyl groups is 1. The Labute approximate surface area is 221 Å². The summed E-state index contributed by atoms with van der Waals surface area (Å²) in [5.41, 5.74) is 9.69. The first kappa shape index (κ1) is 29.4. The van der Waals surface area contributed by atoms with E-state index in [2.05, 4.69) is 23.2 Å². The van der Waals surface area contributed by atoms with Crippen LogP contribution in [0.2, 0.25) is 0 Å². The molecule has 0 radical (unpaired) electrons. The van der Waals surface area contributed by atoms with Crippen LogP contribution in [0.25, 0.3) is 0 Å². The molecule has 3 atom stereocenters. The highest BCUT2D eigenvalue weighted by Crippen LogP contribution is 2.40. The van der Waals surface area contributed by atoms with E-state index in [0.717, 1.165) is 62.0 Å². The summed E-state index contributed by atoms with van der Waals surface area (Å²) in [7, 11) is 0. The number of benzene rings is 2. The molecule has 1 unspecified atom stereocenters. The molecule has 0 spiro atoms. The first-order chi connectivity index (χ1) is 16.0. The zero-order valence-corrected chi connectivity index (χ0v) is 22.2. The van der Waals surface area contributed by atoms with Crippen molar-refractivity contribution in [3.05, 3.63) is 64.7 Å². The quantitative estimate of drug-likeness (QED) is 0.500. The largest absolute Gasteiger partial charge is 0.507 e. The SMILES string of the molecule is Cc1ccc2c(c1O)C[C@@H](C1CCN(CCC(C)NC(=O)c3ccccc3)CC1)O[C@H]2CN.Cl.Cl. The number of nitrogens with one attached hydrogen (secondary N) is 1. The fourth-order valence-electron chi connectivity index (χ4n) is 5.17. The van der Waals surface area contributed by atoms with Gasteiger partial charge in [-0.2, -0.15) is 0 Å². The van der Waals surface area contributed by atoms with Gasteiger partial charge in [0.05, 0.1) is 12.2 Å². The predicted octanol–water partition coefficient (Wildman–Crippen LogP) is 4.41. The van der Waals surface area contributed by atoms with Crippen LogP contribution >= 0.6 is 24.8 Å². The zero-order valence-electron chi connectivity index (χ0n) is 20.6. The van der Waals surface area contributed by atoms with Crippen LogP contribution in [-0.2, 0) is 11.2 Å². The van der Waals surface area contributed by atoms with E-state index in [9.17, 15) is 9.90 Å². The lowest BCUT2D eigenvalue weighted by Crippen LogP contribution is -2.43. The number of phenols is 1. The number of rotatable bonds is 7. The Morgan fingerprint density at radius 3 is 2.51 bits per heavy atom. The van der Waals surface area contributed by atoms with Crippen LogP contribution in [0.4, 0.5) is 0 Å². The summed E-state index contributed by atoms with van der Waals surface area (Å²) in [6.45, 7) is 7.48. The molecular weight excluding hydrogens is 485 g/mol. The Hall–Kier alpha value is -1.83. The maximum Gasteiger partial charge on any atom is 0.251 e. The fraction of sp³-hybridized carbons (Fsp3) is 0.519. The highest BCUT2D eigenvalue weighted by atomic mass is 35.5. The Bertz CT molecular complexity index is 952. The highest BCUT2D eigenvalue weighted by molar-refractivity contribution is 5.94. The van der Waals surface area contributed by atoms with Gasteiger partial charge in [0, 0.05) is 36.7 Å². The van der Waals surface area contributed by atoms with Gasteiger partial charge in [0.15, 0.2) is 0 Å². The molecular formula is C27H39Cl2N3O3. The Kier molecular flexibility index (Phi) is 11.3. The molecule has 194 valence electrons. The monoisotopic (exact) mass is 523 g/mol. The van der Waals surface area contributed by atoms with Crippen molar-refractivity contribution in [1.82, 2.24) is 10.2 Å². The number of piperidine rings is 1. The van der Waals surface area contributed by atoms with Crippen LogP contribution in [0.3, 0.4) is 0 Å². The second-order valence-corrected chi connectivity index (χ2v) is 9.61. The van der Waals surface area contributed by atoms with Crippen molar-refractivity contribution in [3.8, 4) is 5.75 Å². The molecule has 2 heterocycles. The third-order valence-corrected chi connectivity index (χ3v) is 7.28. The van der Waals surface area contributed by atoms with Crippen LogP contribution in [0.15, 0.2) is 42.5 Å². The molecule has 1 saturated heterocycles.